The zero-order valence-corrected chi connectivity index (χ0v) is 73.4. The van der Waals surface area contributed by atoms with Crippen LogP contribution in [-0.4, -0.2) is 300 Å². The van der Waals surface area contributed by atoms with E-state index in [2.05, 4.69) is 57.8 Å². The summed E-state index contributed by atoms with van der Waals surface area (Å²) in [6.07, 6.45) is 1.50. The molecule has 0 radical (unpaired) electrons. The van der Waals surface area contributed by atoms with Crippen LogP contribution < -0.4 is 65.1 Å². The molecule has 3 aliphatic rings. The number of benzene rings is 3. The quantitative estimate of drug-likeness (QED) is 0.0375. The molecule has 16 amide bonds. The number of phenolic OH excluding ortho intramolecular Hbond substituents is 1. The number of ketones is 1. The van der Waals surface area contributed by atoms with Crippen molar-refractivity contribution >= 4 is 134 Å². The van der Waals surface area contributed by atoms with Crippen molar-refractivity contribution in [2.45, 2.75) is 223 Å². The molecule has 1 unspecified atom stereocenters. The first-order valence-corrected chi connectivity index (χ1v) is 43.7. The lowest BCUT2D eigenvalue weighted by molar-refractivity contribution is -0.149. The van der Waals surface area contributed by atoms with Crippen LogP contribution in [0.1, 0.15) is 135 Å². The van der Waals surface area contributed by atoms with Gasteiger partial charge in [-0.3, -0.25) is 81.5 Å². The topological polar surface area (TPSA) is 585 Å². The number of aliphatic hydroxyl groups is 2. The standard InChI is InChI=1S/C86H121N19O20S/c1-10-12-23-66-80(119)93-47(5)74(113)100-65(77(116)92-41-72(89)111)44-126-45-73(112)94-60(32-49-26-28-53(107)29-27-49)82(121)101(7)48(6)75(114)95-62(37-71(88)110)84(123)104-30-18-25-67(104)81(120)98-63(38-87)78(117)96-59(31-46(3)4)85(124)105-42-54(108)36-69(105)70(109)35-50(33-51-39-90-57-21-16-14-19-55(51)57)76(115)99-64(43-106)79(118)97-61(34-52-40-91-58-22-17-15-20-56(52)58)83(122)103(9)68(24-13-11-2)86(125)102(66)8/h14-17,19-22,26-29,39-40,46-48,50,54,59-69,90-91,106-108H,10-13,18,23-25,30-38,41-45,87H2,1-9H3,(H2,88,110)(H2,89,111)(H,92,116)(H,93,119)(H,94,112)(H,95,114)(H,96,117)(H,97,118)(H,98,120)(H,99,115)(H,100,113)/t47-,48-,50+,54+,59-,60-,61-,62-,63-,64-,65-,66-,67-,68-,69?/m0/s1. The predicted molar refractivity (Wildman–Crippen MR) is 464 cm³/mol. The number of Topliss-reactive ketones (excluding diaryl/α,β-unsaturated/α-hetero) is 1. The molecule has 5 heterocycles. The van der Waals surface area contributed by atoms with Crippen molar-refractivity contribution < 1.29 is 96.8 Å². The van der Waals surface area contributed by atoms with Crippen molar-refractivity contribution in [3.05, 3.63) is 102 Å². The SMILES string of the molecule is CCCC[C@H]1C(=O)N(C)[C@@H](CCCC)C(=O)N[C@@H](C)C(=O)N[C@H](C(=O)NCC(N)=O)CSCC(=O)N[C@@H](Cc2ccc(O)cc2)C(=O)N(C)[C@@H](C)C(=O)N[C@@H](CC(N)=O)C(=O)N2CCC[C@H]2C(=O)N[C@@H](CN)C(=O)N[C@@H](CC(C)C)C(=O)N2C[C@H](O)CC2C(=O)C[C@@H](Cc2c[nH]c3ccccc23)C(=O)N[C@@H](CO)C(=O)N[C@@H](Cc2c[nH]c3ccccc23)C(=O)N1C. The van der Waals surface area contributed by atoms with E-state index in [1.54, 1.807) is 74.8 Å². The predicted octanol–water partition coefficient (Wildman–Crippen LogP) is -2.09. The van der Waals surface area contributed by atoms with Gasteiger partial charge in [-0.2, -0.15) is 0 Å². The van der Waals surface area contributed by atoms with Gasteiger partial charge in [-0.1, -0.05) is 102 Å². The van der Waals surface area contributed by atoms with Crippen LogP contribution in [0, 0.1) is 11.8 Å². The van der Waals surface area contributed by atoms with E-state index in [0.717, 1.165) is 36.3 Å². The Kier molecular flexibility index (Phi) is 36.9. The Bertz CT molecular complexity index is 4750. The third-order valence-electron chi connectivity index (χ3n) is 23.0. The number of nitrogens with two attached hydrogens (primary N) is 3. The van der Waals surface area contributed by atoms with Crippen LogP contribution in [0.15, 0.2) is 85.2 Å². The van der Waals surface area contributed by atoms with Crippen molar-refractivity contribution in [2.24, 2.45) is 29.0 Å². The Labute approximate surface area is 734 Å². The van der Waals surface area contributed by atoms with Gasteiger partial charge < -0.3 is 115 Å². The lowest BCUT2D eigenvalue weighted by Gasteiger charge is -2.36. The summed E-state index contributed by atoms with van der Waals surface area (Å²) in [7, 11) is 3.94. The third-order valence-corrected chi connectivity index (χ3v) is 24.0. The second-order valence-corrected chi connectivity index (χ2v) is 34.0. The number of H-pyrrole nitrogens is 2. The van der Waals surface area contributed by atoms with E-state index in [9.17, 15) is 68.1 Å². The third kappa shape index (κ3) is 26.8. The molecule has 0 saturated carbocycles. The number of rotatable bonds is 21. The summed E-state index contributed by atoms with van der Waals surface area (Å²) in [5.74, 6) is -18.2. The van der Waals surface area contributed by atoms with Gasteiger partial charge in [0.25, 0.3) is 0 Å². The molecule has 15 atom stereocenters. The van der Waals surface area contributed by atoms with Crippen molar-refractivity contribution in [2.75, 3.05) is 65.4 Å². The molecule has 39 nitrogen and oxygen atoms in total. The highest BCUT2D eigenvalue weighted by molar-refractivity contribution is 8.00. The van der Waals surface area contributed by atoms with E-state index in [1.807, 2.05) is 13.8 Å². The van der Waals surface area contributed by atoms with Gasteiger partial charge in [0.15, 0.2) is 5.78 Å². The monoisotopic (exact) mass is 1770 g/mol. The van der Waals surface area contributed by atoms with E-state index in [4.69, 9.17) is 17.2 Å². The number of hydrogen-bond acceptors (Lipinski definition) is 22. The first-order chi connectivity index (χ1) is 59.9. The van der Waals surface area contributed by atoms with Gasteiger partial charge >= 0.3 is 0 Å². The molecule has 686 valence electrons. The molecule has 3 saturated heterocycles. The van der Waals surface area contributed by atoms with E-state index < -0.39 is 241 Å². The normalized spacial score (nSPS) is 25.8. The maximum Gasteiger partial charge on any atom is 0.246 e. The Morgan fingerprint density at radius 2 is 1.13 bits per heavy atom. The lowest BCUT2D eigenvalue weighted by atomic mass is 9.90. The van der Waals surface area contributed by atoms with Gasteiger partial charge in [-0.25, -0.2) is 0 Å². The molecule has 3 aliphatic heterocycles. The van der Waals surface area contributed by atoms with Crippen LogP contribution in [0.3, 0.4) is 0 Å². The first kappa shape index (κ1) is 99.4. The Balaban J connectivity index is 1.16. The largest absolute Gasteiger partial charge is 0.508 e. The van der Waals surface area contributed by atoms with Crippen molar-refractivity contribution in [1.29, 1.82) is 0 Å². The molecule has 3 aromatic carbocycles. The lowest BCUT2D eigenvalue weighted by Crippen LogP contribution is -2.61. The van der Waals surface area contributed by atoms with E-state index >= 15 is 28.8 Å². The molecular formula is C86H121N19O20S. The van der Waals surface area contributed by atoms with Crippen molar-refractivity contribution in [1.82, 2.24) is 82.3 Å². The number of aromatic amines is 2. The fourth-order valence-corrected chi connectivity index (χ4v) is 16.7. The van der Waals surface area contributed by atoms with Gasteiger partial charge in [-0.15, -0.1) is 11.8 Å². The number of aliphatic hydroxyl groups excluding tert-OH is 2. The number of aromatic nitrogens is 2. The van der Waals surface area contributed by atoms with Crippen LogP contribution in [0.4, 0.5) is 0 Å². The molecule has 0 aliphatic carbocycles. The number of phenols is 1. The van der Waals surface area contributed by atoms with Crippen LogP contribution in [-0.2, 0) is 101 Å². The van der Waals surface area contributed by atoms with E-state index in [-0.39, 0.29) is 76.0 Å². The number of amides is 16. The minimum atomic E-state index is -1.83. The summed E-state index contributed by atoms with van der Waals surface area (Å²) in [6, 6.07) is 0.226. The fourth-order valence-electron chi connectivity index (χ4n) is 15.8. The Morgan fingerprint density at radius 1 is 0.571 bits per heavy atom. The molecule has 20 N–H and O–H groups in total. The number of likely N-dealkylation sites (N-methyl/N-ethyl adjacent to an activating group) is 3. The highest BCUT2D eigenvalue weighted by atomic mass is 32.2. The molecule has 0 bridgehead atoms. The van der Waals surface area contributed by atoms with Crippen LogP contribution in [0.2, 0.25) is 0 Å². The summed E-state index contributed by atoms with van der Waals surface area (Å²) in [4.78, 5) is 258. The number of unbranched alkanes of at least 4 members (excludes halogenated alkanes) is 2. The van der Waals surface area contributed by atoms with E-state index in [0.29, 0.717) is 64.2 Å². The number of aromatic hydroxyl groups is 1. The van der Waals surface area contributed by atoms with Gasteiger partial charge in [0, 0.05) is 112 Å². The minimum Gasteiger partial charge on any atom is -0.508 e. The Morgan fingerprint density at radius 3 is 1.73 bits per heavy atom. The Hall–Kier alpha value is -12.0. The summed E-state index contributed by atoms with van der Waals surface area (Å²) in [6.45, 7) is 6.93. The molecular weight excluding hydrogens is 1650 g/mol. The number of nitrogens with one attached hydrogen (secondary N) is 11. The number of carbonyl (C=O) groups excluding carboxylic acids is 17. The average Bonchev–Trinajstić information content (AvgIpc) is 1.71. The fraction of sp³-hybridized carbons (Fsp3) is 0.547. The summed E-state index contributed by atoms with van der Waals surface area (Å²) in [5, 5.41) is 57.3. The number of primary amides is 2. The second-order valence-electron chi connectivity index (χ2n) is 32.9. The number of fused-ring (bicyclic) bond motifs is 4. The highest BCUT2D eigenvalue weighted by Crippen LogP contribution is 2.30. The molecule has 8 rings (SSSR count). The molecule has 5 aromatic rings. The van der Waals surface area contributed by atoms with Crippen LogP contribution >= 0.6 is 11.8 Å². The summed E-state index contributed by atoms with van der Waals surface area (Å²) < 4.78 is 0. The molecule has 40 heteroatoms. The highest BCUT2D eigenvalue weighted by Gasteiger charge is 2.46. The first-order valence-electron chi connectivity index (χ1n) is 42.5. The number of thioether (sulfide) groups is 1. The van der Waals surface area contributed by atoms with Crippen LogP contribution in [0.5, 0.6) is 5.75 Å². The van der Waals surface area contributed by atoms with Crippen LogP contribution in [0.25, 0.3) is 21.8 Å². The van der Waals surface area contributed by atoms with Crippen molar-refractivity contribution in [3.8, 4) is 5.75 Å². The van der Waals surface area contributed by atoms with Gasteiger partial charge in [0.2, 0.25) is 94.5 Å². The zero-order chi connectivity index (χ0) is 92.5. The number of para-hydroxylation sites is 2. The van der Waals surface area contributed by atoms with Gasteiger partial charge in [0.1, 0.15) is 78.3 Å². The number of carbonyl (C=O) groups is 17. The van der Waals surface area contributed by atoms with Gasteiger partial charge in [0.05, 0.1) is 37.5 Å². The molecule has 3 fully saturated rings. The maximum absolute atomic E-state index is 15.6. The number of nitrogens with zero attached hydrogens (tertiary/aromatic N) is 5. The van der Waals surface area contributed by atoms with Gasteiger partial charge in [-0.05, 0) is 99.2 Å². The summed E-state index contributed by atoms with van der Waals surface area (Å²) in [5.41, 5.74) is 20.0. The summed E-state index contributed by atoms with van der Waals surface area (Å²) >= 11 is 0.784. The number of hydrogen-bond donors (Lipinski definition) is 17. The zero-order valence-electron chi connectivity index (χ0n) is 72.5. The second kappa shape index (κ2) is 46.8. The average molecular weight is 1770 g/mol. The minimum absolute atomic E-state index is 0.00345. The van der Waals surface area contributed by atoms with Crippen molar-refractivity contribution in [3.63, 3.8) is 0 Å². The molecule has 2 aromatic heterocycles. The smallest absolute Gasteiger partial charge is 0.246 e. The van der Waals surface area contributed by atoms with E-state index in [1.165, 1.54) is 59.3 Å². The maximum atomic E-state index is 15.6. The molecule has 126 heavy (non-hydrogen) atoms. The molecule has 0 spiro atoms.